The van der Waals surface area contributed by atoms with Crippen LogP contribution in [0.1, 0.15) is 11.7 Å². The third-order valence-electron chi connectivity index (χ3n) is 1.68. The van der Waals surface area contributed by atoms with Crippen molar-refractivity contribution in [1.82, 2.24) is 10.5 Å². The van der Waals surface area contributed by atoms with Crippen LogP contribution in [-0.2, 0) is 0 Å². The minimum Gasteiger partial charge on any atom is -0.360 e. The Labute approximate surface area is 66.9 Å². The summed E-state index contributed by atoms with van der Waals surface area (Å²) in [4.78, 5) is 0. The van der Waals surface area contributed by atoms with Crippen LogP contribution in [0.2, 0.25) is 0 Å². The molecule has 0 aromatic carbocycles. The van der Waals surface area contributed by atoms with Gasteiger partial charge in [0.25, 0.3) is 0 Å². The fourth-order valence-corrected chi connectivity index (χ4v) is 1.25. The van der Waals surface area contributed by atoms with Crippen LogP contribution >= 0.6 is 15.9 Å². The highest BCUT2D eigenvalue weighted by Gasteiger charge is 2.22. The van der Waals surface area contributed by atoms with Gasteiger partial charge in [0, 0.05) is 25.1 Å². The van der Waals surface area contributed by atoms with Gasteiger partial charge in [-0.25, -0.2) is 0 Å². The van der Waals surface area contributed by atoms with Gasteiger partial charge in [-0.05, 0) is 15.9 Å². The van der Waals surface area contributed by atoms with Gasteiger partial charge in [-0.15, -0.1) is 0 Å². The van der Waals surface area contributed by atoms with E-state index in [4.69, 9.17) is 4.52 Å². The summed E-state index contributed by atoms with van der Waals surface area (Å²) in [5.74, 6) is 1.52. The molecule has 1 aliphatic heterocycles. The molecule has 0 unspecified atom stereocenters. The molecule has 0 bridgehead atoms. The number of rotatable bonds is 1. The lowest BCUT2D eigenvalue weighted by atomic mass is 10.0. The van der Waals surface area contributed by atoms with Crippen LogP contribution in [0.25, 0.3) is 0 Å². The van der Waals surface area contributed by atoms with Crippen LogP contribution in [0.4, 0.5) is 0 Å². The SMILES string of the molecule is Brc1cc(C2CNC2)on1. The van der Waals surface area contributed by atoms with Crippen LogP contribution in [-0.4, -0.2) is 18.2 Å². The van der Waals surface area contributed by atoms with Crippen LogP contribution in [0.15, 0.2) is 15.2 Å². The van der Waals surface area contributed by atoms with E-state index in [9.17, 15) is 0 Å². The maximum atomic E-state index is 5.03. The Morgan fingerprint density at radius 2 is 2.50 bits per heavy atom. The lowest BCUT2D eigenvalue weighted by Gasteiger charge is -2.23. The summed E-state index contributed by atoms with van der Waals surface area (Å²) in [6.45, 7) is 2.03. The zero-order chi connectivity index (χ0) is 6.97. The van der Waals surface area contributed by atoms with Gasteiger partial charge in [0.2, 0.25) is 0 Å². The molecule has 1 aliphatic rings. The molecule has 0 atom stereocenters. The number of hydrogen-bond donors (Lipinski definition) is 1. The average molecular weight is 203 g/mol. The highest BCUT2D eigenvalue weighted by Crippen LogP contribution is 2.22. The molecule has 0 radical (unpaired) electrons. The number of nitrogens with one attached hydrogen (secondary N) is 1. The molecule has 54 valence electrons. The molecule has 1 aromatic rings. The van der Waals surface area contributed by atoms with Gasteiger partial charge in [-0.3, -0.25) is 0 Å². The first-order valence-electron chi connectivity index (χ1n) is 3.19. The van der Waals surface area contributed by atoms with Crippen molar-refractivity contribution in [1.29, 1.82) is 0 Å². The molecule has 1 fully saturated rings. The van der Waals surface area contributed by atoms with E-state index in [-0.39, 0.29) is 0 Å². The molecule has 0 amide bonds. The molecular weight excluding hydrogens is 196 g/mol. The number of halogens is 1. The van der Waals surface area contributed by atoms with Gasteiger partial charge >= 0.3 is 0 Å². The van der Waals surface area contributed by atoms with Crippen molar-refractivity contribution in [2.24, 2.45) is 0 Å². The number of aromatic nitrogens is 1. The average Bonchev–Trinajstić information content (AvgIpc) is 2.10. The summed E-state index contributed by atoms with van der Waals surface area (Å²) in [6.07, 6.45) is 0. The van der Waals surface area contributed by atoms with Crippen molar-refractivity contribution in [3.8, 4) is 0 Å². The minimum absolute atomic E-state index is 0.541. The van der Waals surface area contributed by atoms with Crippen molar-refractivity contribution in [3.05, 3.63) is 16.4 Å². The van der Waals surface area contributed by atoms with Crippen molar-refractivity contribution in [2.75, 3.05) is 13.1 Å². The molecule has 1 N–H and O–H groups in total. The smallest absolute Gasteiger partial charge is 0.149 e. The van der Waals surface area contributed by atoms with Crippen molar-refractivity contribution in [3.63, 3.8) is 0 Å². The summed E-state index contributed by atoms with van der Waals surface area (Å²) in [7, 11) is 0. The second-order valence-electron chi connectivity index (χ2n) is 2.41. The van der Waals surface area contributed by atoms with Gasteiger partial charge in [0.1, 0.15) is 10.4 Å². The van der Waals surface area contributed by atoms with Gasteiger partial charge in [-0.2, -0.15) is 0 Å². The van der Waals surface area contributed by atoms with Crippen LogP contribution in [0, 0.1) is 0 Å². The van der Waals surface area contributed by atoms with Gasteiger partial charge < -0.3 is 9.84 Å². The predicted molar refractivity (Wildman–Crippen MR) is 39.8 cm³/mol. The Morgan fingerprint density at radius 1 is 1.70 bits per heavy atom. The summed E-state index contributed by atoms with van der Waals surface area (Å²) >= 11 is 3.23. The summed E-state index contributed by atoms with van der Waals surface area (Å²) < 4.78 is 5.82. The second-order valence-corrected chi connectivity index (χ2v) is 3.22. The summed E-state index contributed by atoms with van der Waals surface area (Å²) in [5, 5.41) is 6.90. The molecule has 3 nitrogen and oxygen atoms in total. The zero-order valence-corrected chi connectivity index (χ0v) is 6.89. The lowest BCUT2D eigenvalue weighted by Crippen LogP contribution is -2.39. The molecule has 10 heavy (non-hydrogen) atoms. The predicted octanol–water partition coefficient (Wildman–Crippen LogP) is 1.12. The Hall–Kier alpha value is -0.350. The van der Waals surface area contributed by atoms with E-state index < -0.39 is 0 Å². The topological polar surface area (TPSA) is 38.1 Å². The lowest BCUT2D eigenvalue weighted by molar-refractivity contribution is 0.314. The largest absolute Gasteiger partial charge is 0.360 e. The third kappa shape index (κ3) is 0.973. The monoisotopic (exact) mass is 202 g/mol. The zero-order valence-electron chi connectivity index (χ0n) is 5.30. The highest BCUT2D eigenvalue weighted by molar-refractivity contribution is 9.10. The molecule has 1 saturated heterocycles. The second kappa shape index (κ2) is 2.36. The standard InChI is InChI=1S/C6H7BrN2O/c7-6-1-5(10-9-6)4-2-8-3-4/h1,4,8H,2-3H2. The first-order chi connectivity index (χ1) is 4.86. The Kier molecular flexibility index (Phi) is 1.50. The van der Waals surface area contributed by atoms with Gasteiger partial charge in [0.05, 0.1) is 0 Å². The molecule has 2 rings (SSSR count). The van der Waals surface area contributed by atoms with E-state index in [0.29, 0.717) is 5.92 Å². The van der Waals surface area contributed by atoms with Crippen LogP contribution < -0.4 is 5.32 Å². The van der Waals surface area contributed by atoms with E-state index >= 15 is 0 Å². The molecule has 2 heterocycles. The third-order valence-corrected chi connectivity index (χ3v) is 2.06. The van der Waals surface area contributed by atoms with Crippen LogP contribution in [0.5, 0.6) is 0 Å². The number of nitrogens with zero attached hydrogens (tertiary/aromatic N) is 1. The van der Waals surface area contributed by atoms with Crippen molar-refractivity contribution >= 4 is 15.9 Å². The number of hydrogen-bond acceptors (Lipinski definition) is 3. The van der Waals surface area contributed by atoms with E-state index in [1.807, 2.05) is 6.07 Å². The van der Waals surface area contributed by atoms with Gasteiger partial charge in [0.15, 0.2) is 0 Å². The fourth-order valence-electron chi connectivity index (χ4n) is 0.949. The summed E-state index contributed by atoms with van der Waals surface area (Å²) in [5.41, 5.74) is 0. The quantitative estimate of drug-likeness (QED) is 0.743. The summed E-state index contributed by atoms with van der Waals surface area (Å²) in [6, 6.07) is 1.92. The van der Waals surface area contributed by atoms with E-state index in [0.717, 1.165) is 23.5 Å². The molecule has 0 spiro atoms. The Balaban J connectivity index is 2.17. The van der Waals surface area contributed by atoms with Gasteiger partial charge in [-0.1, -0.05) is 5.16 Å². The van der Waals surface area contributed by atoms with Crippen LogP contribution in [0.3, 0.4) is 0 Å². The first kappa shape index (κ1) is 6.37. The molecular formula is C6H7BrN2O. The molecule has 0 saturated carbocycles. The normalized spacial score (nSPS) is 18.9. The van der Waals surface area contributed by atoms with E-state index in [1.165, 1.54) is 0 Å². The molecule has 4 heteroatoms. The fraction of sp³-hybridized carbons (Fsp3) is 0.500. The van der Waals surface area contributed by atoms with E-state index in [2.05, 4.69) is 26.4 Å². The highest BCUT2D eigenvalue weighted by atomic mass is 79.9. The van der Waals surface area contributed by atoms with Crippen molar-refractivity contribution in [2.45, 2.75) is 5.92 Å². The Bertz CT molecular complexity index is 231. The van der Waals surface area contributed by atoms with Crippen molar-refractivity contribution < 1.29 is 4.52 Å². The molecule has 0 aliphatic carbocycles. The molecule has 1 aromatic heterocycles. The minimum atomic E-state index is 0.541. The Morgan fingerprint density at radius 3 is 2.90 bits per heavy atom. The first-order valence-corrected chi connectivity index (χ1v) is 3.98. The maximum Gasteiger partial charge on any atom is 0.149 e. The van der Waals surface area contributed by atoms with E-state index in [1.54, 1.807) is 0 Å². The maximum absolute atomic E-state index is 5.03.